The minimum Gasteiger partial charge on any atom is -0.463 e. The fourth-order valence-corrected chi connectivity index (χ4v) is 3.82. The molecular formula is C21H18N4O3S. The van der Waals surface area contributed by atoms with Crippen LogP contribution in [0.3, 0.4) is 0 Å². The van der Waals surface area contributed by atoms with Gasteiger partial charge in [0.2, 0.25) is 0 Å². The largest absolute Gasteiger partial charge is 0.463 e. The van der Waals surface area contributed by atoms with Crippen LogP contribution in [0, 0.1) is 6.92 Å². The van der Waals surface area contributed by atoms with Gasteiger partial charge < -0.3 is 9.73 Å². The molecule has 29 heavy (non-hydrogen) atoms. The Labute approximate surface area is 170 Å². The van der Waals surface area contributed by atoms with Crippen molar-refractivity contribution in [1.82, 2.24) is 20.1 Å². The lowest BCUT2D eigenvalue weighted by molar-refractivity contribution is 0.0955. The van der Waals surface area contributed by atoms with E-state index in [-0.39, 0.29) is 24.6 Å². The number of thiazole rings is 1. The van der Waals surface area contributed by atoms with Crippen LogP contribution in [0.25, 0.3) is 22.0 Å². The normalized spacial score (nSPS) is 10.8. The van der Waals surface area contributed by atoms with Crippen molar-refractivity contribution in [2.24, 2.45) is 0 Å². The molecule has 7 nitrogen and oxygen atoms in total. The van der Waals surface area contributed by atoms with Crippen LogP contribution in [0.2, 0.25) is 0 Å². The number of aromatic nitrogens is 3. The van der Waals surface area contributed by atoms with E-state index in [1.807, 2.05) is 37.3 Å². The lowest BCUT2D eigenvalue weighted by Gasteiger charge is -2.07. The molecule has 1 amide bonds. The molecule has 8 heteroatoms. The molecule has 0 aliphatic rings. The lowest BCUT2D eigenvalue weighted by Crippen LogP contribution is -2.31. The van der Waals surface area contributed by atoms with E-state index in [1.165, 1.54) is 22.1 Å². The maximum absolute atomic E-state index is 12.6. The fourth-order valence-electron chi connectivity index (χ4n) is 2.83. The first-order valence-corrected chi connectivity index (χ1v) is 9.86. The number of rotatable bonds is 6. The summed E-state index contributed by atoms with van der Waals surface area (Å²) in [6, 6.07) is 16.3. The predicted molar refractivity (Wildman–Crippen MR) is 111 cm³/mol. The zero-order valence-corrected chi connectivity index (χ0v) is 16.5. The number of benzene rings is 1. The number of amides is 1. The van der Waals surface area contributed by atoms with Crippen LogP contribution in [0.15, 0.2) is 70.1 Å². The Balaban J connectivity index is 1.43. The summed E-state index contributed by atoms with van der Waals surface area (Å²) in [6.45, 7) is 2.34. The zero-order chi connectivity index (χ0) is 20.2. The van der Waals surface area contributed by atoms with Crippen molar-refractivity contribution in [2.45, 2.75) is 13.5 Å². The molecule has 0 spiro atoms. The first-order chi connectivity index (χ1) is 14.1. The molecule has 0 unspecified atom stereocenters. The van der Waals surface area contributed by atoms with Crippen molar-refractivity contribution in [2.75, 3.05) is 6.54 Å². The van der Waals surface area contributed by atoms with E-state index in [0.717, 1.165) is 10.6 Å². The van der Waals surface area contributed by atoms with Gasteiger partial charge >= 0.3 is 0 Å². The number of furan rings is 1. The molecular weight excluding hydrogens is 388 g/mol. The van der Waals surface area contributed by atoms with Crippen molar-refractivity contribution >= 4 is 17.2 Å². The first kappa shape index (κ1) is 18.8. The second-order valence-electron chi connectivity index (χ2n) is 6.31. The zero-order valence-electron chi connectivity index (χ0n) is 15.7. The minimum atomic E-state index is -0.241. The summed E-state index contributed by atoms with van der Waals surface area (Å²) in [7, 11) is 0. The number of carbonyl (C=O) groups is 1. The molecule has 0 radical (unpaired) electrons. The summed E-state index contributed by atoms with van der Waals surface area (Å²) in [5.74, 6) is 0.369. The molecule has 146 valence electrons. The predicted octanol–water partition coefficient (Wildman–Crippen LogP) is 3.37. The van der Waals surface area contributed by atoms with Gasteiger partial charge in [-0.2, -0.15) is 5.10 Å². The highest BCUT2D eigenvalue weighted by Gasteiger charge is 2.16. The standard InChI is InChI=1S/C21H18N4O3S/c1-14-19(29-21(23-14)15-6-3-2-4-7-15)20(27)22-11-12-25-18(26)10-9-16(24-25)17-8-5-13-28-17/h2-10,13H,11-12H2,1H3,(H,22,27). The molecule has 0 aliphatic carbocycles. The van der Waals surface area contributed by atoms with Crippen LogP contribution in [-0.4, -0.2) is 27.2 Å². The number of hydrogen-bond acceptors (Lipinski definition) is 6. The lowest BCUT2D eigenvalue weighted by atomic mass is 10.2. The Hall–Kier alpha value is -3.52. The summed E-state index contributed by atoms with van der Waals surface area (Å²) in [5, 5.41) is 7.94. The van der Waals surface area contributed by atoms with Crippen molar-refractivity contribution < 1.29 is 9.21 Å². The second-order valence-corrected chi connectivity index (χ2v) is 7.31. The molecule has 4 rings (SSSR count). The number of carbonyl (C=O) groups excluding carboxylic acids is 1. The summed E-state index contributed by atoms with van der Waals surface area (Å²) in [4.78, 5) is 29.7. The third kappa shape index (κ3) is 4.17. The van der Waals surface area contributed by atoms with Crippen molar-refractivity contribution in [1.29, 1.82) is 0 Å². The van der Waals surface area contributed by atoms with Gasteiger partial charge in [-0.25, -0.2) is 9.67 Å². The first-order valence-electron chi connectivity index (χ1n) is 9.05. The van der Waals surface area contributed by atoms with E-state index in [1.54, 1.807) is 24.5 Å². The molecule has 0 atom stereocenters. The number of aryl methyl sites for hydroxylation is 1. The quantitative estimate of drug-likeness (QED) is 0.530. The van der Waals surface area contributed by atoms with Crippen molar-refractivity contribution in [3.05, 3.63) is 81.8 Å². The van der Waals surface area contributed by atoms with E-state index in [9.17, 15) is 9.59 Å². The van der Waals surface area contributed by atoms with Crippen LogP contribution in [0.1, 0.15) is 15.4 Å². The van der Waals surface area contributed by atoms with Gasteiger partial charge in [0.05, 0.1) is 18.5 Å². The minimum absolute atomic E-state index is 0.211. The maximum atomic E-state index is 12.6. The monoisotopic (exact) mass is 406 g/mol. The van der Waals surface area contributed by atoms with Crippen LogP contribution in [0.5, 0.6) is 0 Å². The molecule has 0 bridgehead atoms. The topological polar surface area (TPSA) is 90.0 Å². The second kappa shape index (κ2) is 8.24. The van der Waals surface area contributed by atoms with Gasteiger partial charge in [-0.15, -0.1) is 11.3 Å². The molecule has 1 N–H and O–H groups in total. The fraction of sp³-hybridized carbons (Fsp3) is 0.143. The van der Waals surface area contributed by atoms with Crippen LogP contribution >= 0.6 is 11.3 Å². The van der Waals surface area contributed by atoms with Crippen molar-refractivity contribution in [3.8, 4) is 22.0 Å². The molecule has 0 aliphatic heterocycles. The van der Waals surface area contributed by atoms with Gasteiger partial charge in [0.15, 0.2) is 5.76 Å². The summed E-state index contributed by atoms with van der Waals surface area (Å²) < 4.78 is 6.63. The SMILES string of the molecule is Cc1nc(-c2ccccc2)sc1C(=O)NCCn1nc(-c2ccco2)ccc1=O. The molecule has 0 saturated heterocycles. The van der Waals surface area contributed by atoms with E-state index >= 15 is 0 Å². The third-order valence-corrected chi connectivity index (χ3v) is 5.48. The van der Waals surface area contributed by atoms with Crippen LogP contribution < -0.4 is 10.9 Å². The third-order valence-electron chi connectivity index (χ3n) is 4.27. The average Bonchev–Trinajstić information content (AvgIpc) is 3.40. The summed E-state index contributed by atoms with van der Waals surface area (Å²) >= 11 is 1.35. The Morgan fingerprint density at radius 1 is 1.14 bits per heavy atom. The summed E-state index contributed by atoms with van der Waals surface area (Å²) in [6.07, 6.45) is 1.55. The van der Waals surface area contributed by atoms with E-state index in [4.69, 9.17) is 4.42 Å². The highest BCUT2D eigenvalue weighted by molar-refractivity contribution is 7.17. The van der Waals surface area contributed by atoms with Gasteiger partial charge in [-0.3, -0.25) is 9.59 Å². The van der Waals surface area contributed by atoms with Gasteiger partial charge in [-0.1, -0.05) is 30.3 Å². The Morgan fingerprint density at radius 3 is 2.72 bits per heavy atom. The number of nitrogens with one attached hydrogen (secondary N) is 1. The smallest absolute Gasteiger partial charge is 0.266 e. The van der Waals surface area contributed by atoms with Crippen molar-refractivity contribution in [3.63, 3.8) is 0 Å². The Bertz CT molecular complexity index is 1180. The van der Waals surface area contributed by atoms with E-state index in [0.29, 0.717) is 22.0 Å². The highest BCUT2D eigenvalue weighted by atomic mass is 32.1. The average molecular weight is 406 g/mol. The Kier molecular flexibility index (Phi) is 5.35. The molecule has 0 saturated carbocycles. The van der Waals surface area contributed by atoms with E-state index in [2.05, 4.69) is 15.4 Å². The summed E-state index contributed by atoms with van der Waals surface area (Å²) in [5.41, 5.74) is 1.98. The highest BCUT2D eigenvalue weighted by Crippen LogP contribution is 2.27. The van der Waals surface area contributed by atoms with Crippen LogP contribution in [-0.2, 0) is 6.54 Å². The van der Waals surface area contributed by atoms with Crippen LogP contribution in [0.4, 0.5) is 0 Å². The van der Waals surface area contributed by atoms with Gasteiger partial charge in [-0.05, 0) is 25.1 Å². The molecule has 3 heterocycles. The number of hydrogen-bond donors (Lipinski definition) is 1. The maximum Gasteiger partial charge on any atom is 0.266 e. The molecule has 1 aromatic carbocycles. The molecule has 0 fully saturated rings. The Morgan fingerprint density at radius 2 is 1.97 bits per heavy atom. The van der Waals surface area contributed by atoms with Gasteiger partial charge in [0.1, 0.15) is 15.6 Å². The van der Waals surface area contributed by atoms with Gasteiger partial charge in [0.25, 0.3) is 11.5 Å². The van der Waals surface area contributed by atoms with E-state index < -0.39 is 0 Å². The van der Waals surface area contributed by atoms with Gasteiger partial charge in [0, 0.05) is 18.2 Å². The number of nitrogens with zero attached hydrogens (tertiary/aromatic N) is 3. The molecule has 4 aromatic rings. The molecule has 3 aromatic heterocycles.